The molecule has 0 atom stereocenters. The van der Waals surface area contributed by atoms with Gasteiger partial charge in [0.25, 0.3) is 0 Å². The van der Waals surface area contributed by atoms with Crippen molar-refractivity contribution in [2.24, 2.45) is 5.92 Å². The van der Waals surface area contributed by atoms with E-state index >= 15 is 0 Å². The number of benzene rings is 1. The van der Waals surface area contributed by atoms with Crippen molar-refractivity contribution < 1.29 is 0 Å². The van der Waals surface area contributed by atoms with Crippen molar-refractivity contribution in [2.45, 2.75) is 39.2 Å². The Morgan fingerprint density at radius 3 is 3.05 bits per heavy atom. The quantitative estimate of drug-likeness (QED) is 0.773. The highest BCUT2D eigenvalue weighted by Crippen LogP contribution is 2.27. The molecule has 0 amide bonds. The van der Waals surface area contributed by atoms with Crippen molar-refractivity contribution in [3.05, 3.63) is 30.0 Å². The molecule has 1 aliphatic carbocycles. The number of nitrogens with one attached hydrogen (secondary N) is 1. The first-order chi connectivity index (χ1) is 9.36. The van der Waals surface area contributed by atoms with Crippen LogP contribution >= 0.6 is 0 Å². The lowest BCUT2D eigenvalue weighted by atomic mass is 10.1. The summed E-state index contributed by atoms with van der Waals surface area (Å²) in [6, 6.07) is 6.74. The fourth-order valence-corrected chi connectivity index (χ4v) is 2.52. The predicted molar refractivity (Wildman–Crippen MR) is 79.3 cm³/mol. The first kappa shape index (κ1) is 12.7. The van der Waals surface area contributed by atoms with E-state index in [0.29, 0.717) is 0 Å². The van der Waals surface area contributed by atoms with E-state index in [4.69, 9.17) is 0 Å². The van der Waals surface area contributed by atoms with Gasteiger partial charge in [-0.2, -0.15) is 5.10 Å². The highest BCUT2D eigenvalue weighted by atomic mass is 15.3. The van der Waals surface area contributed by atoms with Gasteiger partial charge in [-0.05, 0) is 56.3 Å². The van der Waals surface area contributed by atoms with Gasteiger partial charge in [-0.3, -0.25) is 4.68 Å². The number of aryl methyl sites for hydroxylation is 1. The zero-order valence-corrected chi connectivity index (χ0v) is 11.7. The summed E-state index contributed by atoms with van der Waals surface area (Å²) in [6.07, 6.45) is 7.06. The molecule has 0 spiro atoms. The second kappa shape index (κ2) is 5.74. The van der Waals surface area contributed by atoms with Crippen LogP contribution in [0.5, 0.6) is 0 Å². The third kappa shape index (κ3) is 3.16. The van der Waals surface area contributed by atoms with Crippen molar-refractivity contribution in [3.8, 4) is 0 Å². The normalized spacial score (nSPS) is 15.2. The van der Waals surface area contributed by atoms with Crippen molar-refractivity contribution in [1.29, 1.82) is 0 Å². The third-order valence-electron chi connectivity index (χ3n) is 3.86. The highest BCUT2D eigenvalue weighted by Gasteiger charge is 2.19. The Bertz CT molecular complexity index is 540. The van der Waals surface area contributed by atoms with Crippen molar-refractivity contribution in [1.82, 2.24) is 15.1 Å². The molecule has 0 bridgehead atoms. The summed E-state index contributed by atoms with van der Waals surface area (Å²) >= 11 is 0. The molecule has 2 aromatic rings. The van der Waals surface area contributed by atoms with Crippen molar-refractivity contribution >= 4 is 10.9 Å². The van der Waals surface area contributed by atoms with E-state index in [-0.39, 0.29) is 0 Å². The highest BCUT2D eigenvalue weighted by molar-refractivity contribution is 5.79. The fourth-order valence-electron chi connectivity index (χ4n) is 2.52. The summed E-state index contributed by atoms with van der Waals surface area (Å²) in [7, 11) is 0. The molecular weight excluding hydrogens is 234 g/mol. The van der Waals surface area contributed by atoms with Gasteiger partial charge in [0.2, 0.25) is 0 Å². The molecule has 1 heterocycles. The van der Waals surface area contributed by atoms with Gasteiger partial charge in [0.1, 0.15) is 0 Å². The second-order valence-corrected chi connectivity index (χ2v) is 5.66. The minimum atomic E-state index is 0.966. The number of aromatic nitrogens is 2. The van der Waals surface area contributed by atoms with Crippen LogP contribution < -0.4 is 5.32 Å². The van der Waals surface area contributed by atoms with E-state index in [2.05, 4.69) is 40.2 Å². The number of nitrogens with zero attached hydrogens (tertiary/aromatic N) is 2. The van der Waals surface area contributed by atoms with Crippen LogP contribution in [0.4, 0.5) is 0 Å². The van der Waals surface area contributed by atoms with E-state index < -0.39 is 0 Å². The van der Waals surface area contributed by atoms with E-state index in [9.17, 15) is 0 Å². The summed E-state index contributed by atoms with van der Waals surface area (Å²) in [5.41, 5.74) is 2.69. The van der Waals surface area contributed by atoms with Crippen LogP contribution in [-0.2, 0) is 13.0 Å². The predicted octanol–water partition coefficient (Wildman–Crippen LogP) is 2.99. The molecule has 1 N–H and O–H groups in total. The Labute approximate surface area is 115 Å². The van der Waals surface area contributed by atoms with Gasteiger partial charge < -0.3 is 5.32 Å². The van der Waals surface area contributed by atoms with Crippen LogP contribution in [0.1, 0.15) is 31.7 Å². The molecule has 0 aliphatic heterocycles. The van der Waals surface area contributed by atoms with Crippen LogP contribution in [0.3, 0.4) is 0 Å². The summed E-state index contributed by atoms with van der Waals surface area (Å²) < 4.78 is 2.12. The number of fused-ring (bicyclic) bond motifs is 1. The average Bonchev–Trinajstić information content (AvgIpc) is 3.17. The van der Waals surface area contributed by atoms with Gasteiger partial charge >= 0.3 is 0 Å². The largest absolute Gasteiger partial charge is 0.316 e. The zero-order chi connectivity index (χ0) is 13.1. The molecule has 1 aromatic carbocycles. The first-order valence-electron chi connectivity index (χ1n) is 7.52. The Kier molecular flexibility index (Phi) is 3.83. The molecular formula is C16H23N3. The fraction of sp³-hybridized carbons (Fsp3) is 0.562. The van der Waals surface area contributed by atoms with E-state index in [1.165, 1.54) is 35.9 Å². The lowest BCUT2D eigenvalue weighted by molar-refractivity contribution is 0.621. The standard InChI is InChI=1S/C16H23N3/c1-2-9-19-16-10-13(5-6-15(16)12-18-19)7-8-17-11-14-3-4-14/h5-6,10,12,14,17H,2-4,7-9,11H2,1H3. The Balaban J connectivity index is 1.63. The zero-order valence-electron chi connectivity index (χ0n) is 11.7. The molecule has 3 heteroatoms. The minimum absolute atomic E-state index is 0.966. The van der Waals surface area contributed by atoms with Crippen LogP contribution in [-0.4, -0.2) is 22.9 Å². The molecule has 1 fully saturated rings. The van der Waals surface area contributed by atoms with Gasteiger partial charge in [0.05, 0.1) is 11.7 Å². The first-order valence-corrected chi connectivity index (χ1v) is 7.52. The van der Waals surface area contributed by atoms with Crippen LogP contribution in [0.2, 0.25) is 0 Å². The minimum Gasteiger partial charge on any atom is -0.316 e. The molecule has 3 nitrogen and oxygen atoms in total. The SMILES string of the molecule is CCCn1ncc2ccc(CCNCC3CC3)cc21. The van der Waals surface area contributed by atoms with Gasteiger partial charge in [0.15, 0.2) is 0 Å². The van der Waals surface area contributed by atoms with Gasteiger partial charge in [0, 0.05) is 11.9 Å². The van der Waals surface area contributed by atoms with Crippen LogP contribution in [0.15, 0.2) is 24.4 Å². The Hall–Kier alpha value is -1.35. The molecule has 0 unspecified atom stereocenters. The lowest BCUT2D eigenvalue weighted by Crippen LogP contribution is -2.19. The summed E-state index contributed by atoms with van der Waals surface area (Å²) in [4.78, 5) is 0. The van der Waals surface area contributed by atoms with E-state index in [0.717, 1.165) is 31.8 Å². The molecule has 1 aromatic heterocycles. The second-order valence-electron chi connectivity index (χ2n) is 5.66. The monoisotopic (exact) mass is 257 g/mol. The molecule has 0 radical (unpaired) electrons. The van der Waals surface area contributed by atoms with Gasteiger partial charge in [-0.15, -0.1) is 0 Å². The molecule has 0 saturated heterocycles. The topological polar surface area (TPSA) is 29.9 Å². The molecule has 19 heavy (non-hydrogen) atoms. The summed E-state index contributed by atoms with van der Waals surface area (Å²) in [5, 5.41) is 9.26. The van der Waals surface area contributed by atoms with Crippen LogP contribution in [0.25, 0.3) is 10.9 Å². The summed E-state index contributed by atoms with van der Waals surface area (Å²) in [5.74, 6) is 0.966. The molecule has 102 valence electrons. The summed E-state index contributed by atoms with van der Waals surface area (Å²) in [6.45, 7) is 5.49. The average molecular weight is 257 g/mol. The maximum atomic E-state index is 4.46. The smallest absolute Gasteiger partial charge is 0.0685 e. The van der Waals surface area contributed by atoms with E-state index in [1.807, 2.05) is 6.20 Å². The van der Waals surface area contributed by atoms with Gasteiger partial charge in [-0.1, -0.05) is 19.1 Å². The molecule has 1 saturated carbocycles. The maximum Gasteiger partial charge on any atom is 0.0685 e. The van der Waals surface area contributed by atoms with E-state index in [1.54, 1.807) is 0 Å². The Morgan fingerprint density at radius 1 is 1.37 bits per heavy atom. The number of rotatable bonds is 7. The number of hydrogen-bond acceptors (Lipinski definition) is 2. The third-order valence-corrected chi connectivity index (χ3v) is 3.86. The van der Waals surface area contributed by atoms with Crippen molar-refractivity contribution in [3.63, 3.8) is 0 Å². The van der Waals surface area contributed by atoms with Gasteiger partial charge in [-0.25, -0.2) is 0 Å². The van der Waals surface area contributed by atoms with Crippen molar-refractivity contribution in [2.75, 3.05) is 13.1 Å². The lowest BCUT2D eigenvalue weighted by Gasteiger charge is -2.06. The Morgan fingerprint density at radius 2 is 2.26 bits per heavy atom. The molecule has 3 rings (SSSR count). The maximum absolute atomic E-state index is 4.46. The van der Waals surface area contributed by atoms with Crippen LogP contribution in [0, 0.1) is 5.92 Å². The molecule has 1 aliphatic rings. The number of hydrogen-bond donors (Lipinski definition) is 1.